The Morgan fingerprint density at radius 1 is 0.925 bits per heavy atom. The van der Waals surface area contributed by atoms with E-state index in [0.717, 1.165) is 68.7 Å². The summed E-state index contributed by atoms with van der Waals surface area (Å²) in [5.74, 6) is 0.374. The van der Waals surface area contributed by atoms with E-state index in [2.05, 4.69) is 9.80 Å². The highest BCUT2D eigenvalue weighted by molar-refractivity contribution is 6.42. The van der Waals surface area contributed by atoms with E-state index >= 15 is 0 Å². The van der Waals surface area contributed by atoms with Crippen molar-refractivity contribution in [3.8, 4) is 0 Å². The van der Waals surface area contributed by atoms with Gasteiger partial charge in [0.15, 0.2) is 0 Å². The van der Waals surface area contributed by atoms with Crippen molar-refractivity contribution in [2.45, 2.75) is 56.9 Å². The average molecular weight is 588 g/mol. The molecule has 0 radical (unpaired) electrons. The summed E-state index contributed by atoms with van der Waals surface area (Å²) in [5.41, 5.74) is 2.40. The fraction of sp³-hybridized carbons (Fsp3) is 0.562. The maximum Gasteiger partial charge on any atom is 0.253 e. The largest absolute Gasteiger partial charge is 0.347 e. The molecule has 2 heterocycles. The van der Waals surface area contributed by atoms with Gasteiger partial charge in [0.05, 0.1) is 10.0 Å². The van der Waals surface area contributed by atoms with Crippen LogP contribution < -0.4 is 0 Å². The van der Waals surface area contributed by atoms with Gasteiger partial charge in [0.2, 0.25) is 5.91 Å². The SMILES string of the molecule is Cc1ccccc1C(=O)N(C)CC(CCN1CCC(C(=O)N(C)C)(N2CCCCC2)CC1)c1ccc(Cl)c(Cl)c1. The van der Waals surface area contributed by atoms with Crippen molar-refractivity contribution in [2.75, 3.05) is 60.4 Å². The molecule has 2 aromatic carbocycles. The smallest absolute Gasteiger partial charge is 0.253 e. The molecular formula is C32H44Cl2N4O2. The number of hydrogen-bond acceptors (Lipinski definition) is 4. The van der Waals surface area contributed by atoms with Gasteiger partial charge in [-0.1, -0.05) is 53.9 Å². The number of piperidine rings is 2. The van der Waals surface area contributed by atoms with Gasteiger partial charge in [-0.05, 0) is 88.0 Å². The molecule has 4 rings (SSSR count). The van der Waals surface area contributed by atoms with Crippen LogP contribution in [0.3, 0.4) is 0 Å². The van der Waals surface area contributed by atoms with Crippen LogP contribution in [0.5, 0.6) is 0 Å². The van der Waals surface area contributed by atoms with E-state index in [9.17, 15) is 9.59 Å². The quantitative estimate of drug-likeness (QED) is 0.364. The van der Waals surface area contributed by atoms with Gasteiger partial charge < -0.3 is 14.7 Å². The Morgan fingerprint density at radius 2 is 1.60 bits per heavy atom. The van der Waals surface area contributed by atoms with Crippen molar-refractivity contribution in [3.63, 3.8) is 0 Å². The zero-order valence-electron chi connectivity index (χ0n) is 24.5. The molecule has 2 amide bonds. The van der Waals surface area contributed by atoms with Crippen LogP contribution >= 0.6 is 23.2 Å². The summed E-state index contributed by atoms with van der Waals surface area (Å²) in [6, 6.07) is 13.5. The molecule has 0 spiro atoms. The molecule has 40 heavy (non-hydrogen) atoms. The molecule has 2 aliphatic rings. The maximum absolute atomic E-state index is 13.5. The van der Waals surface area contributed by atoms with E-state index < -0.39 is 0 Å². The summed E-state index contributed by atoms with van der Waals surface area (Å²) in [7, 11) is 5.65. The van der Waals surface area contributed by atoms with Crippen LogP contribution in [0.1, 0.15) is 65.9 Å². The predicted octanol–water partition coefficient (Wildman–Crippen LogP) is 5.96. The van der Waals surface area contributed by atoms with Gasteiger partial charge >= 0.3 is 0 Å². The number of carbonyl (C=O) groups is 2. The van der Waals surface area contributed by atoms with Crippen LogP contribution in [-0.2, 0) is 4.79 Å². The minimum atomic E-state index is -0.385. The van der Waals surface area contributed by atoms with Gasteiger partial charge in [-0.2, -0.15) is 0 Å². The molecule has 0 saturated carbocycles. The lowest BCUT2D eigenvalue weighted by Gasteiger charge is -2.50. The second-order valence-corrected chi connectivity index (χ2v) is 12.6. The highest BCUT2D eigenvalue weighted by atomic mass is 35.5. The standard InChI is InChI=1S/C32H44Cl2N4O2/c1-24-10-6-7-11-27(24)30(39)36(4)23-26(25-12-13-28(33)29(34)22-25)14-19-37-20-15-32(16-21-37,31(40)35(2)3)38-17-8-5-9-18-38/h6-7,10-13,22,26H,5,8-9,14-21,23H2,1-4H3. The molecule has 0 aliphatic carbocycles. The number of rotatable bonds is 9. The first-order chi connectivity index (χ1) is 19.1. The fourth-order valence-electron chi connectivity index (χ4n) is 6.45. The first-order valence-electron chi connectivity index (χ1n) is 14.6. The van der Waals surface area contributed by atoms with Gasteiger partial charge in [0.25, 0.3) is 5.91 Å². The van der Waals surface area contributed by atoms with Gasteiger partial charge in [0.1, 0.15) is 5.54 Å². The van der Waals surface area contributed by atoms with E-state index in [-0.39, 0.29) is 23.3 Å². The van der Waals surface area contributed by atoms with E-state index in [4.69, 9.17) is 23.2 Å². The number of nitrogens with zero attached hydrogens (tertiary/aromatic N) is 4. The number of halogens is 2. The minimum absolute atomic E-state index is 0.0228. The van der Waals surface area contributed by atoms with Crippen molar-refractivity contribution in [1.29, 1.82) is 0 Å². The van der Waals surface area contributed by atoms with E-state index in [1.807, 2.05) is 75.4 Å². The monoisotopic (exact) mass is 586 g/mol. The van der Waals surface area contributed by atoms with Crippen molar-refractivity contribution in [1.82, 2.24) is 19.6 Å². The normalized spacial score (nSPS) is 18.8. The molecule has 8 heteroatoms. The zero-order valence-corrected chi connectivity index (χ0v) is 26.0. The highest BCUT2D eigenvalue weighted by Crippen LogP contribution is 2.34. The van der Waals surface area contributed by atoms with Crippen LogP contribution in [0, 0.1) is 6.92 Å². The van der Waals surface area contributed by atoms with Crippen LogP contribution in [0.2, 0.25) is 10.0 Å². The summed E-state index contributed by atoms with van der Waals surface area (Å²) < 4.78 is 0. The predicted molar refractivity (Wildman–Crippen MR) is 164 cm³/mol. The Morgan fingerprint density at radius 3 is 2.23 bits per heavy atom. The molecule has 1 atom stereocenters. The van der Waals surface area contributed by atoms with Gasteiger partial charge in [0, 0.05) is 52.3 Å². The van der Waals surface area contributed by atoms with Gasteiger partial charge in [-0.3, -0.25) is 14.5 Å². The zero-order chi connectivity index (χ0) is 28.9. The Kier molecular flexibility index (Phi) is 10.6. The van der Waals surface area contributed by atoms with E-state index in [0.29, 0.717) is 16.6 Å². The van der Waals surface area contributed by atoms with Crippen LogP contribution in [0.15, 0.2) is 42.5 Å². The summed E-state index contributed by atoms with van der Waals surface area (Å²) in [6.45, 7) is 7.25. The molecule has 0 N–H and O–H groups in total. The number of hydrogen-bond donors (Lipinski definition) is 0. The topological polar surface area (TPSA) is 47.1 Å². The first-order valence-corrected chi connectivity index (χ1v) is 15.3. The number of benzene rings is 2. The molecule has 218 valence electrons. The van der Waals surface area contributed by atoms with Gasteiger partial charge in [-0.25, -0.2) is 0 Å². The highest BCUT2D eigenvalue weighted by Gasteiger charge is 2.47. The molecule has 2 aromatic rings. The Balaban J connectivity index is 1.46. The molecule has 0 bridgehead atoms. The third kappa shape index (κ3) is 7.02. The molecule has 2 fully saturated rings. The van der Waals surface area contributed by atoms with Crippen molar-refractivity contribution < 1.29 is 9.59 Å². The number of amides is 2. The molecule has 6 nitrogen and oxygen atoms in total. The summed E-state index contributed by atoms with van der Waals surface area (Å²) in [4.78, 5) is 35.4. The Hall–Kier alpha value is -2.12. The minimum Gasteiger partial charge on any atom is -0.347 e. The van der Waals surface area contributed by atoms with Crippen LogP contribution in [-0.4, -0.2) is 97.4 Å². The van der Waals surface area contributed by atoms with Crippen molar-refractivity contribution in [3.05, 3.63) is 69.2 Å². The molecule has 0 aromatic heterocycles. The lowest BCUT2D eigenvalue weighted by Crippen LogP contribution is -2.64. The van der Waals surface area contributed by atoms with Gasteiger partial charge in [-0.15, -0.1) is 0 Å². The number of likely N-dealkylation sites (N-methyl/N-ethyl adjacent to an activating group) is 2. The second kappa shape index (κ2) is 13.7. The fourth-order valence-corrected chi connectivity index (χ4v) is 6.76. The first kappa shape index (κ1) is 30.8. The second-order valence-electron chi connectivity index (χ2n) is 11.8. The van der Waals surface area contributed by atoms with Crippen molar-refractivity contribution >= 4 is 35.0 Å². The number of likely N-dealkylation sites (tertiary alicyclic amines) is 2. The lowest BCUT2D eigenvalue weighted by atomic mass is 9.82. The lowest BCUT2D eigenvalue weighted by molar-refractivity contribution is -0.147. The van der Waals surface area contributed by atoms with Crippen molar-refractivity contribution in [2.24, 2.45) is 0 Å². The molecule has 2 saturated heterocycles. The average Bonchev–Trinajstić information content (AvgIpc) is 2.96. The summed E-state index contributed by atoms with van der Waals surface area (Å²) in [5, 5.41) is 1.06. The third-order valence-electron chi connectivity index (χ3n) is 8.87. The summed E-state index contributed by atoms with van der Waals surface area (Å²) >= 11 is 12.7. The number of aryl methyl sites for hydroxylation is 1. The number of carbonyl (C=O) groups excluding carboxylic acids is 2. The summed E-state index contributed by atoms with van der Waals surface area (Å²) in [6.07, 6.45) is 6.19. The molecule has 2 aliphatic heterocycles. The van der Waals surface area contributed by atoms with E-state index in [1.54, 1.807) is 4.90 Å². The molecular weight excluding hydrogens is 543 g/mol. The Bertz CT molecular complexity index is 1170. The van der Waals surface area contributed by atoms with Crippen LogP contribution in [0.4, 0.5) is 0 Å². The Labute approximate surface area is 250 Å². The molecule has 1 unspecified atom stereocenters. The van der Waals surface area contributed by atoms with Crippen LogP contribution in [0.25, 0.3) is 0 Å². The maximum atomic E-state index is 13.5. The van der Waals surface area contributed by atoms with E-state index in [1.165, 1.54) is 19.3 Å². The third-order valence-corrected chi connectivity index (χ3v) is 9.61.